The van der Waals surface area contributed by atoms with E-state index >= 15 is 0 Å². The number of nitrogens with one attached hydrogen (secondary N) is 2. The lowest BCUT2D eigenvalue weighted by atomic mass is 10.0. The number of fused-ring (bicyclic) bond motifs is 1. The first-order valence-electron chi connectivity index (χ1n) is 13.6. The molecule has 6 rings (SSSR count). The van der Waals surface area contributed by atoms with E-state index in [1.165, 1.54) is 24.7 Å². The minimum atomic E-state index is -0.563. The Morgan fingerprint density at radius 1 is 1.10 bits per heavy atom. The summed E-state index contributed by atoms with van der Waals surface area (Å²) >= 11 is 0. The number of carbonyl (C=O) groups excluding carboxylic acids is 1. The number of aromatic nitrogens is 5. The summed E-state index contributed by atoms with van der Waals surface area (Å²) in [6, 6.07) is 8.38. The van der Waals surface area contributed by atoms with Crippen LogP contribution >= 0.6 is 0 Å². The van der Waals surface area contributed by atoms with Crippen LogP contribution in [0, 0.1) is 5.82 Å². The second-order valence-corrected chi connectivity index (χ2v) is 10.1. The number of likely N-dealkylation sites (tertiary alicyclic amines) is 1. The molecule has 40 heavy (non-hydrogen) atoms. The first kappa shape index (κ1) is 26.1. The molecule has 2 fully saturated rings. The highest BCUT2D eigenvalue weighted by Crippen LogP contribution is 2.33. The summed E-state index contributed by atoms with van der Waals surface area (Å²) in [7, 11) is 1.48. The number of hydrogen-bond donors (Lipinski definition) is 2. The van der Waals surface area contributed by atoms with Gasteiger partial charge in [-0.25, -0.2) is 23.8 Å². The summed E-state index contributed by atoms with van der Waals surface area (Å²) < 4.78 is 22.5. The van der Waals surface area contributed by atoms with Crippen LogP contribution in [0.25, 0.3) is 22.4 Å². The number of carbonyl (C=O) groups is 1. The molecule has 0 radical (unpaired) electrons. The van der Waals surface area contributed by atoms with Gasteiger partial charge in [0.05, 0.1) is 36.5 Å². The Morgan fingerprint density at radius 3 is 2.65 bits per heavy atom. The van der Waals surface area contributed by atoms with Gasteiger partial charge in [0.25, 0.3) is 0 Å². The fraction of sp³-hybridized carbons (Fsp3) is 0.393. The predicted octanol–water partition coefficient (Wildman–Crippen LogP) is 3.45. The van der Waals surface area contributed by atoms with Gasteiger partial charge in [0, 0.05) is 57.7 Å². The molecule has 0 spiro atoms. The first-order valence-corrected chi connectivity index (χ1v) is 13.6. The third kappa shape index (κ3) is 5.45. The molecular weight excluding hydrogens is 513 g/mol. The van der Waals surface area contributed by atoms with Gasteiger partial charge in [0.1, 0.15) is 11.6 Å². The molecule has 0 atom stereocenters. The van der Waals surface area contributed by atoms with Crippen LogP contribution in [0.5, 0.6) is 0 Å². The molecule has 1 aromatic carbocycles. The van der Waals surface area contributed by atoms with Gasteiger partial charge in [0.15, 0.2) is 11.5 Å². The van der Waals surface area contributed by atoms with Crippen molar-refractivity contribution in [2.75, 3.05) is 56.7 Å². The number of anilines is 2. The Morgan fingerprint density at radius 2 is 1.93 bits per heavy atom. The normalized spacial score (nSPS) is 16.8. The zero-order valence-corrected chi connectivity index (χ0v) is 22.4. The van der Waals surface area contributed by atoms with Crippen molar-refractivity contribution in [3.05, 3.63) is 60.3 Å². The number of morpholine rings is 1. The molecule has 2 N–H and O–H groups in total. The smallest absolute Gasteiger partial charge is 0.319 e. The van der Waals surface area contributed by atoms with E-state index < -0.39 is 11.8 Å². The fourth-order valence-corrected chi connectivity index (χ4v) is 5.34. The lowest BCUT2D eigenvalue weighted by molar-refractivity contribution is 0.122. The molecule has 2 amide bonds. The fourth-order valence-electron chi connectivity index (χ4n) is 5.34. The van der Waals surface area contributed by atoms with E-state index in [1.807, 2.05) is 23.1 Å². The monoisotopic (exact) mass is 545 g/mol. The van der Waals surface area contributed by atoms with E-state index in [0.717, 1.165) is 49.3 Å². The summed E-state index contributed by atoms with van der Waals surface area (Å²) in [6.45, 7) is 5.39. The number of pyridine rings is 1. The molecule has 12 heteroatoms. The van der Waals surface area contributed by atoms with E-state index in [4.69, 9.17) is 19.8 Å². The molecule has 208 valence electrons. The van der Waals surface area contributed by atoms with Gasteiger partial charge >= 0.3 is 6.03 Å². The number of benzene rings is 1. The Bertz CT molecular complexity index is 1480. The molecule has 0 saturated carbocycles. The van der Waals surface area contributed by atoms with Crippen molar-refractivity contribution in [3.8, 4) is 11.4 Å². The van der Waals surface area contributed by atoms with Gasteiger partial charge in [-0.15, -0.1) is 0 Å². The van der Waals surface area contributed by atoms with Crippen LogP contribution in [-0.4, -0.2) is 82.1 Å². The van der Waals surface area contributed by atoms with Crippen LogP contribution in [0.1, 0.15) is 24.4 Å². The molecule has 0 aliphatic carbocycles. The topological polar surface area (TPSA) is 113 Å². The Balaban J connectivity index is 1.31. The molecule has 2 aliphatic heterocycles. The summed E-state index contributed by atoms with van der Waals surface area (Å²) in [5, 5.41) is 10.6. The molecule has 5 heterocycles. The third-order valence-corrected chi connectivity index (χ3v) is 7.48. The summed E-state index contributed by atoms with van der Waals surface area (Å²) in [5.74, 6) is 0.624. The van der Waals surface area contributed by atoms with Crippen LogP contribution in [-0.2, 0) is 11.3 Å². The first-order chi connectivity index (χ1) is 19.6. The van der Waals surface area contributed by atoms with Gasteiger partial charge in [0.2, 0.25) is 0 Å². The van der Waals surface area contributed by atoms with Crippen LogP contribution in [0.4, 0.5) is 20.7 Å². The van der Waals surface area contributed by atoms with Crippen molar-refractivity contribution < 1.29 is 13.9 Å². The van der Waals surface area contributed by atoms with Crippen LogP contribution in [0.3, 0.4) is 0 Å². The molecular formula is C28H32FN9O2. The molecule has 2 saturated heterocycles. The van der Waals surface area contributed by atoms with E-state index in [2.05, 4.69) is 31.5 Å². The molecule has 0 unspecified atom stereocenters. The number of hydrogen-bond acceptors (Lipinski definition) is 8. The van der Waals surface area contributed by atoms with Gasteiger partial charge in [-0.05, 0) is 42.7 Å². The van der Waals surface area contributed by atoms with Crippen molar-refractivity contribution in [2.24, 2.45) is 0 Å². The molecule has 11 nitrogen and oxygen atoms in total. The number of rotatable bonds is 6. The number of nitrogens with zero attached hydrogens (tertiary/aromatic N) is 7. The highest BCUT2D eigenvalue weighted by atomic mass is 19.1. The maximum absolute atomic E-state index is 15.0. The Labute approximate surface area is 231 Å². The number of piperidine rings is 1. The summed E-state index contributed by atoms with van der Waals surface area (Å²) in [4.78, 5) is 30.3. The lowest BCUT2D eigenvalue weighted by Crippen LogP contribution is -2.37. The number of amides is 2. The van der Waals surface area contributed by atoms with Crippen LogP contribution in [0.2, 0.25) is 0 Å². The van der Waals surface area contributed by atoms with Gasteiger partial charge in [-0.3, -0.25) is 9.88 Å². The molecule has 0 bridgehead atoms. The number of urea groups is 1. The van der Waals surface area contributed by atoms with Crippen molar-refractivity contribution in [3.63, 3.8) is 0 Å². The zero-order chi connectivity index (χ0) is 27.5. The quantitative estimate of drug-likeness (QED) is 0.379. The predicted molar refractivity (Wildman–Crippen MR) is 150 cm³/mol. The highest BCUT2D eigenvalue weighted by Gasteiger charge is 2.26. The zero-order valence-electron chi connectivity index (χ0n) is 22.4. The van der Waals surface area contributed by atoms with Gasteiger partial charge in [-0.1, -0.05) is 6.07 Å². The Kier molecular flexibility index (Phi) is 7.51. The van der Waals surface area contributed by atoms with E-state index in [1.54, 1.807) is 12.3 Å². The van der Waals surface area contributed by atoms with E-state index in [9.17, 15) is 9.18 Å². The Hall–Kier alpha value is -4.16. The SMILES string of the molecule is CNC(=O)Nc1ccc(-c2nc(N3CCOCC3)c3cnn(C4CCN(Cc5cccnc5)CC4)c3n2)cc1F. The maximum Gasteiger partial charge on any atom is 0.319 e. The van der Waals surface area contributed by atoms with Crippen molar-refractivity contribution in [2.45, 2.75) is 25.4 Å². The average Bonchev–Trinajstić information content (AvgIpc) is 3.43. The second kappa shape index (κ2) is 11.5. The standard InChI is InChI=1S/C28H32FN9O2/c1-30-28(39)33-24-5-4-20(15-23(24)29)25-34-26(37-11-13-40-14-12-37)22-17-32-38(27(22)35-25)21-6-9-36(10-7-21)18-19-3-2-8-31-16-19/h2-5,8,15-17,21H,6-7,9-14,18H2,1H3,(H2,30,33,39). The van der Waals surface area contributed by atoms with Crippen molar-refractivity contribution in [1.29, 1.82) is 0 Å². The van der Waals surface area contributed by atoms with Crippen molar-refractivity contribution >= 4 is 28.6 Å². The molecule has 2 aliphatic rings. The van der Waals surface area contributed by atoms with Crippen LogP contribution in [0.15, 0.2) is 48.9 Å². The molecule has 4 aromatic rings. The van der Waals surface area contributed by atoms with Crippen LogP contribution < -0.4 is 15.5 Å². The van der Waals surface area contributed by atoms with Crippen molar-refractivity contribution in [1.82, 2.24) is 34.9 Å². The third-order valence-electron chi connectivity index (χ3n) is 7.48. The lowest BCUT2D eigenvalue weighted by Gasteiger charge is -2.32. The van der Waals surface area contributed by atoms with E-state index in [0.29, 0.717) is 37.7 Å². The minimum absolute atomic E-state index is 0.0840. The number of halogens is 1. The van der Waals surface area contributed by atoms with Gasteiger partial charge < -0.3 is 20.3 Å². The van der Waals surface area contributed by atoms with E-state index in [-0.39, 0.29) is 11.7 Å². The largest absolute Gasteiger partial charge is 0.378 e. The average molecular weight is 546 g/mol. The number of ether oxygens (including phenoxy) is 1. The maximum atomic E-state index is 15.0. The summed E-state index contributed by atoms with van der Waals surface area (Å²) in [6.07, 6.45) is 7.45. The molecule has 3 aromatic heterocycles. The highest BCUT2D eigenvalue weighted by molar-refractivity contribution is 5.90. The summed E-state index contributed by atoms with van der Waals surface area (Å²) in [5.41, 5.74) is 2.56. The van der Waals surface area contributed by atoms with Gasteiger partial charge in [-0.2, -0.15) is 5.10 Å². The second-order valence-electron chi connectivity index (χ2n) is 10.1. The minimum Gasteiger partial charge on any atom is -0.378 e.